The Hall–Kier alpha value is -1.75. The maximum atomic E-state index is 12.4. The van der Waals surface area contributed by atoms with Crippen LogP contribution in [0.3, 0.4) is 0 Å². The molecule has 1 fully saturated rings. The Morgan fingerprint density at radius 3 is 2.60 bits per heavy atom. The lowest BCUT2D eigenvalue weighted by molar-refractivity contribution is -0.129. The highest BCUT2D eigenvalue weighted by Gasteiger charge is 2.23. The topological polar surface area (TPSA) is 46.3 Å². The molecule has 0 unspecified atom stereocenters. The molecule has 1 aliphatic rings. The standard InChI is InChI=1S/C20H26N2O2S/c1-15-19(16(2)24-21-15)13-25-14-20(23)22-10-8-18(9-11-22)12-17-6-4-3-5-7-17/h3-7,18H,8-14H2,1-2H3. The van der Waals surface area contributed by atoms with Crippen LogP contribution in [0, 0.1) is 19.8 Å². The summed E-state index contributed by atoms with van der Waals surface area (Å²) in [5.74, 6) is 3.14. The number of rotatable bonds is 6. The number of piperidine rings is 1. The fourth-order valence-electron chi connectivity index (χ4n) is 3.37. The van der Waals surface area contributed by atoms with Gasteiger partial charge in [-0.2, -0.15) is 0 Å². The number of aryl methyl sites for hydroxylation is 2. The van der Waals surface area contributed by atoms with Crippen molar-refractivity contribution in [3.05, 3.63) is 52.9 Å². The first kappa shape index (κ1) is 18.1. The van der Waals surface area contributed by atoms with Crippen molar-refractivity contribution in [2.75, 3.05) is 18.8 Å². The van der Waals surface area contributed by atoms with Crippen LogP contribution in [-0.2, 0) is 17.0 Å². The van der Waals surface area contributed by atoms with Gasteiger partial charge in [-0.1, -0.05) is 35.5 Å². The van der Waals surface area contributed by atoms with Crippen LogP contribution in [0.2, 0.25) is 0 Å². The van der Waals surface area contributed by atoms with Gasteiger partial charge in [0.05, 0.1) is 11.4 Å². The fourth-order valence-corrected chi connectivity index (χ4v) is 4.45. The fraction of sp³-hybridized carbons (Fsp3) is 0.500. The molecule has 25 heavy (non-hydrogen) atoms. The number of hydrogen-bond donors (Lipinski definition) is 0. The molecule has 1 saturated heterocycles. The molecule has 0 spiro atoms. The van der Waals surface area contributed by atoms with Crippen LogP contribution >= 0.6 is 11.8 Å². The molecule has 2 aromatic rings. The van der Waals surface area contributed by atoms with Crippen molar-refractivity contribution in [1.29, 1.82) is 0 Å². The molecule has 5 heteroatoms. The molecule has 1 aromatic carbocycles. The van der Waals surface area contributed by atoms with Gasteiger partial charge in [0.15, 0.2) is 0 Å². The van der Waals surface area contributed by atoms with Crippen LogP contribution in [0.15, 0.2) is 34.9 Å². The maximum absolute atomic E-state index is 12.4. The summed E-state index contributed by atoms with van der Waals surface area (Å²) in [5.41, 5.74) is 3.46. The van der Waals surface area contributed by atoms with Crippen LogP contribution < -0.4 is 0 Å². The molecular weight excluding hydrogens is 332 g/mol. The SMILES string of the molecule is Cc1noc(C)c1CSCC(=O)N1CCC(Cc2ccccc2)CC1. The predicted molar refractivity (Wildman–Crippen MR) is 102 cm³/mol. The van der Waals surface area contributed by atoms with E-state index in [1.54, 1.807) is 11.8 Å². The van der Waals surface area contributed by atoms with Crippen LogP contribution in [0.4, 0.5) is 0 Å². The van der Waals surface area contributed by atoms with Crippen LogP contribution in [0.5, 0.6) is 0 Å². The maximum Gasteiger partial charge on any atom is 0.232 e. The lowest BCUT2D eigenvalue weighted by Crippen LogP contribution is -2.39. The van der Waals surface area contributed by atoms with Gasteiger partial charge in [-0.3, -0.25) is 4.79 Å². The van der Waals surface area contributed by atoms with Gasteiger partial charge in [-0.05, 0) is 44.6 Å². The van der Waals surface area contributed by atoms with E-state index in [1.165, 1.54) is 5.56 Å². The zero-order valence-electron chi connectivity index (χ0n) is 15.0. The van der Waals surface area contributed by atoms with Crippen molar-refractivity contribution >= 4 is 17.7 Å². The molecule has 0 bridgehead atoms. The highest BCUT2D eigenvalue weighted by Crippen LogP contribution is 2.23. The second-order valence-corrected chi connectivity index (χ2v) is 7.80. The number of aromatic nitrogens is 1. The highest BCUT2D eigenvalue weighted by atomic mass is 32.2. The molecule has 1 amide bonds. The number of amides is 1. The molecule has 3 rings (SSSR count). The number of benzene rings is 1. The monoisotopic (exact) mass is 358 g/mol. The number of carbonyl (C=O) groups is 1. The van der Waals surface area contributed by atoms with Crippen LogP contribution in [-0.4, -0.2) is 34.8 Å². The molecule has 2 heterocycles. The summed E-state index contributed by atoms with van der Waals surface area (Å²) in [7, 11) is 0. The van der Waals surface area contributed by atoms with Crippen molar-refractivity contribution < 1.29 is 9.32 Å². The predicted octanol–water partition coefficient (Wildman–Crippen LogP) is 4.01. The van der Waals surface area contributed by atoms with Crippen molar-refractivity contribution in [3.8, 4) is 0 Å². The Labute approximate surface area is 154 Å². The van der Waals surface area contributed by atoms with E-state index in [0.29, 0.717) is 11.7 Å². The van der Waals surface area contributed by atoms with Gasteiger partial charge in [0.2, 0.25) is 5.91 Å². The van der Waals surface area contributed by atoms with Gasteiger partial charge in [0.25, 0.3) is 0 Å². The Morgan fingerprint density at radius 1 is 1.24 bits per heavy atom. The molecule has 4 nitrogen and oxygen atoms in total. The van der Waals surface area contributed by atoms with E-state index in [2.05, 4.69) is 35.5 Å². The number of likely N-dealkylation sites (tertiary alicyclic amines) is 1. The normalized spacial score (nSPS) is 15.5. The Bertz CT molecular complexity index is 671. The zero-order chi connectivity index (χ0) is 17.6. The third-order valence-corrected chi connectivity index (χ3v) is 5.93. The molecule has 0 saturated carbocycles. The average Bonchev–Trinajstić information content (AvgIpc) is 2.95. The van der Waals surface area contributed by atoms with Crippen molar-refractivity contribution in [3.63, 3.8) is 0 Å². The second kappa shape index (κ2) is 8.56. The largest absolute Gasteiger partial charge is 0.361 e. The Balaban J connectivity index is 1.39. The minimum atomic E-state index is 0.259. The molecule has 134 valence electrons. The Kier molecular flexibility index (Phi) is 6.19. The summed E-state index contributed by atoms with van der Waals surface area (Å²) in [6.07, 6.45) is 3.34. The van der Waals surface area contributed by atoms with Crippen LogP contribution in [0.1, 0.15) is 35.4 Å². The number of nitrogens with zero attached hydrogens (tertiary/aromatic N) is 2. The smallest absolute Gasteiger partial charge is 0.232 e. The van der Waals surface area contributed by atoms with Gasteiger partial charge in [0, 0.05) is 24.4 Å². The summed E-state index contributed by atoms with van der Waals surface area (Å²) < 4.78 is 5.17. The third-order valence-electron chi connectivity index (χ3n) is 4.99. The van der Waals surface area contributed by atoms with E-state index in [0.717, 1.165) is 55.1 Å². The first-order chi connectivity index (χ1) is 12.1. The molecule has 1 aromatic heterocycles. The molecule has 0 aliphatic carbocycles. The number of thioether (sulfide) groups is 1. The first-order valence-electron chi connectivity index (χ1n) is 8.94. The quantitative estimate of drug-likeness (QED) is 0.783. The van der Waals surface area contributed by atoms with Gasteiger partial charge < -0.3 is 9.42 Å². The van der Waals surface area contributed by atoms with Crippen molar-refractivity contribution in [1.82, 2.24) is 10.1 Å². The minimum Gasteiger partial charge on any atom is -0.361 e. The van der Waals surface area contributed by atoms with Gasteiger partial charge in [0.1, 0.15) is 5.76 Å². The van der Waals surface area contributed by atoms with E-state index >= 15 is 0 Å². The Morgan fingerprint density at radius 2 is 1.96 bits per heavy atom. The van der Waals surface area contributed by atoms with E-state index in [-0.39, 0.29) is 5.91 Å². The minimum absolute atomic E-state index is 0.259. The van der Waals surface area contributed by atoms with Gasteiger partial charge >= 0.3 is 0 Å². The van der Waals surface area contributed by atoms with Crippen molar-refractivity contribution in [2.24, 2.45) is 5.92 Å². The molecule has 1 aliphatic heterocycles. The number of carbonyl (C=O) groups excluding carboxylic acids is 1. The summed E-state index contributed by atoms with van der Waals surface area (Å²) >= 11 is 1.65. The summed E-state index contributed by atoms with van der Waals surface area (Å²) in [4.78, 5) is 14.5. The highest BCUT2D eigenvalue weighted by molar-refractivity contribution is 7.99. The molecular formula is C20H26N2O2S. The summed E-state index contributed by atoms with van der Waals surface area (Å²) in [6, 6.07) is 10.7. The second-order valence-electron chi connectivity index (χ2n) is 6.81. The molecule has 0 atom stereocenters. The summed E-state index contributed by atoms with van der Waals surface area (Å²) in [5, 5.41) is 3.96. The van der Waals surface area contributed by atoms with Crippen LogP contribution in [0.25, 0.3) is 0 Å². The molecule has 0 radical (unpaired) electrons. The lowest BCUT2D eigenvalue weighted by atomic mass is 9.90. The lowest BCUT2D eigenvalue weighted by Gasteiger charge is -2.32. The molecule has 0 N–H and O–H groups in total. The average molecular weight is 359 g/mol. The van der Waals surface area contributed by atoms with E-state index < -0.39 is 0 Å². The van der Waals surface area contributed by atoms with E-state index in [1.807, 2.05) is 18.7 Å². The summed E-state index contributed by atoms with van der Waals surface area (Å²) in [6.45, 7) is 5.66. The van der Waals surface area contributed by atoms with Gasteiger partial charge in [-0.15, -0.1) is 11.8 Å². The first-order valence-corrected chi connectivity index (χ1v) is 10.1. The third kappa shape index (κ3) is 4.88. The van der Waals surface area contributed by atoms with Crippen molar-refractivity contribution in [2.45, 2.75) is 38.9 Å². The van der Waals surface area contributed by atoms with E-state index in [4.69, 9.17) is 4.52 Å². The zero-order valence-corrected chi connectivity index (χ0v) is 15.8. The number of hydrogen-bond acceptors (Lipinski definition) is 4. The van der Waals surface area contributed by atoms with Gasteiger partial charge in [-0.25, -0.2) is 0 Å². The van der Waals surface area contributed by atoms with E-state index in [9.17, 15) is 4.79 Å².